The first-order valence-electron chi connectivity index (χ1n) is 7.13. The minimum Gasteiger partial charge on any atom is -0.378 e. The van der Waals surface area contributed by atoms with Gasteiger partial charge in [-0.1, -0.05) is 42.5 Å². The number of anilines is 1. The molecule has 2 aromatic rings. The molecule has 1 N–H and O–H groups in total. The fraction of sp³-hybridized carbons (Fsp3) is 0.333. The Bertz CT molecular complexity index is 555. The molecule has 0 spiro atoms. The second-order valence-electron chi connectivity index (χ2n) is 5.62. The van der Waals surface area contributed by atoms with E-state index in [0.717, 1.165) is 5.92 Å². The van der Waals surface area contributed by atoms with E-state index in [1.165, 1.54) is 35.2 Å². The number of nitrogens with one attached hydrogen (secondary N) is 1. The molecule has 0 heterocycles. The molecule has 98 valence electrons. The zero-order valence-corrected chi connectivity index (χ0v) is 11.7. The number of benzene rings is 2. The van der Waals surface area contributed by atoms with E-state index in [2.05, 4.69) is 67.7 Å². The van der Waals surface area contributed by atoms with E-state index in [1.54, 1.807) is 0 Å². The highest BCUT2D eigenvalue weighted by Gasteiger charge is 2.32. The molecule has 3 rings (SSSR count). The van der Waals surface area contributed by atoms with Crippen molar-refractivity contribution in [2.75, 3.05) is 5.32 Å². The third-order valence-corrected chi connectivity index (χ3v) is 4.17. The van der Waals surface area contributed by atoms with Crippen molar-refractivity contribution in [1.29, 1.82) is 0 Å². The maximum atomic E-state index is 3.77. The second-order valence-corrected chi connectivity index (χ2v) is 5.62. The van der Waals surface area contributed by atoms with Crippen LogP contribution in [-0.4, -0.2) is 0 Å². The predicted molar refractivity (Wildman–Crippen MR) is 81.4 cm³/mol. The first-order valence-corrected chi connectivity index (χ1v) is 7.13. The molecule has 19 heavy (non-hydrogen) atoms. The molecule has 1 nitrogen and oxygen atoms in total. The lowest BCUT2D eigenvalue weighted by atomic mass is 10.0. The molecule has 0 bridgehead atoms. The number of rotatable bonds is 4. The molecule has 1 aliphatic rings. The van der Waals surface area contributed by atoms with E-state index in [9.17, 15) is 0 Å². The quantitative estimate of drug-likeness (QED) is 0.817. The Morgan fingerprint density at radius 3 is 2.37 bits per heavy atom. The molecular formula is C18H21N. The molecule has 1 fully saturated rings. The van der Waals surface area contributed by atoms with E-state index >= 15 is 0 Å². The van der Waals surface area contributed by atoms with Gasteiger partial charge in [0.15, 0.2) is 0 Å². The zero-order chi connectivity index (χ0) is 13.2. The van der Waals surface area contributed by atoms with Crippen LogP contribution in [0.3, 0.4) is 0 Å². The normalized spacial score (nSPS) is 16.1. The van der Waals surface area contributed by atoms with E-state index in [4.69, 9.17) is 0 Å². The van der Waals surface area contributed by atoms with Crippen LogP contribution in [0.4, 0.5) is 5.69 Å². The number of aryl methyl sites for hydroxylation is 1. The maximum Gasteiger partial charge on any atom is 0.0542 e. The molecule has 1 heteroatoms. The smallest absolute Gasteiger partial charge is 0.0542 e. The van der Waals surface area contributed by atoms with Crippen LogP contribution in [0, 0.1) is 19.8 Å². The number of hydrogen-bond donors (Lipinski definition) is 1. The van der Waals surface area contributed by atoms with Gasteiger partial charge in [0, 0.05) is 5.69 Å². The highest BCUT2D eigenvalue weighted by molar-refractivity contribution is 5.55. The Hall–Kier alpha value is -1.76. The summed E-state index contributed by atoms with van der Waals surface area (Å²) < 4.78 is 0. The van der Waals surface area contributed by atoms with Crippen molar-refractivity contribution < 1.29 is 0 Å². The molecule has 0 saturated heterocycles. The Morgan fingerprint density at radius 2 is 1.68 bits per heavy atom. The molecule has 0 aliphatic heterocycles. The topological polar surface area (TPSA) is 12.0 Å². The van der Waals surface area contributed by atoms with Gasteiger partial charge in [0.1, 0.15) is 0 Å². The van der Waals surface area contributed by atoms with Gasteiger partial charge in [-0.15, -0.1) is 0 Å². The third kappa shape index (κ3) is 2.65. The van der Waals surface area contributed by atoms with Gasteiger partial charge in [0.05, 0.1) is 6.04 Å². The largest absolute Gasteiger partial charge is 0.378 e. The fourth-order valence-electron chi connectivity index (χ4n) is 2.64. The van der Waals surface area contributed by atoms with Crippen molar-refractivity contribution >= 4 is 5.69 Å². The van der Waals surface area contributed by atoms with Crippen LogP contribution in [0.1, 0.15) is 35.6 Å². The number of hydrogen-bond acceptors (Lipinski definition) is 1. The first kappa shape index (κ1) is 12.3. The van der Waals surface area contributed by atoms with E-state index in [0.29, 0.717) is 6.04 Å². The molecule has 1 atom stereocenters. The van der Waals surface area contributed by atoms with Gasteiger partial charge in [-0.05, 0) is 55.4 Å². The molecule has 1 unspecified atom stereocenters. The fourth-order valence-corrected chi connectivity index (χ4v) is 2.64. The Morgan fingerprint density at radius 1 is 0.947 bits per heavy atom. The SMILES string of the molecule is Cc1cccc(NC(c2ccccc2)C2CC2)c1C. The van der Waals surface area contributed by atoms with Crippen molar-refractivity contribution in [3.05, 3.63) is 65.2 Å². The first-order chi connectivity index (χ1) is 9.25. The van der Waals surface area contributed by atoms with Gasteiger partial charge in [-0.25, -0.2) is 0 Å². The van der Waals surface area contributed by atoms with Gasteiger partial charge in [0.25, 0.3) is 0 Å². The summed E-state index contributed by atoms with van der Waals surface area (Å²) in [5.74, 6) is 0.794. The highest BCUT2D eigenvalue weighted by atomic mass is 14.9. The molecular weight excluding hydrogens is 230 g/mol. The molecule has 2 aromatic carbocycles. The van der Waals surface area contributed by atoms with Gasteiger partial charge in [0.2, 0.25) is 0 Å². The average molecular weight is 251 g/mol. The monoisotopic (exact) mass is 251 g/mol. The van der Waals surface area contributed by atoms with Crippen LogP contribution in [0.5, 0.6) is 0 Å². The van der Waals surface area contributed by atoms with Crippen LogP contribution >= 0.6 is 0 Å². The molecule has 0 aromatic heterocycles. The minimum atomic E-state index is 0.460. The van der Waals surface area contributed by atoms with Crippen LogP contribution < -0.4 is 5.32 Å². The molecule has 1 saturated carbocycles. The van der Waals surface area contributed by atoms with Crippen molar-refractivity contribution in [2.24, 2.45) is 5.92 Å². The van der Waals surface area contributed by atoms with Crippen molar-refractivity contribution in [2.45, 2.75) is 32.7 Å². The van der Waals surface area contributed by atoms with Gasteiger partial charge in [-0.3, -0.25) is 0 Å². The van der Waals surface area contributed by atoms with Crippen molar-refractivity contribution in [3.8, 4) is 0 Å². The Labute approximate surface area is 115 Å². The summed E-state index contributed by atoms with van der Waals surface area (Å²) in [4.78, 5) is 0. The van der Waals surface area contributed by atoms with Gasteiger partial charge >= 0.3 is 0 Å². The van der Waals surface area contributed by atoms with Gasteiger partial charge in [-0.2, -0.15) is 0 Å². The lowest BCUT2D eigenvalue weighted by molar-refractivity contribution is 0.678. The predicted octanol–water partition coefficient (Wildman–Crippen LogP) is 4.87. The average Bonchev–Trinajstić information content (AvgIpc) is 3.26. The lowest BCUT2D eigenvalue weighted by Gasteiger charge is -2.22. The Kier molecular flexibility index (Phi) is 3.29. The summed E-state index contributed by atoms with van der Waals surface area (Å²) in [6.45, 7) is 4.38. The standard InChI is InChI=1S/C18H21N/c1-13-7-6-10-17(14(13)2)19-18(16-11-12-16)15-8-4-3-5-9-15/h3-10,16,18-19H,11-12H2,1-2H3. The molecule has 0 radical (unpaired) electrons. The Balaban J connectivity index is 1.88. The van der Waals surface area contributed by atoms with Crippen LogP contribution in [0.25, 0.3) is 0 Å². The summed E-state index contributed by atoms with van der Waals surface area (Å²) in [5, 5.41) is 3.77. The minimum absolute atomic E-state index is 0.460. The molecule has 0 amide bonds. The van der Waals surface area contributed by atoms with Crippen LogP contribution in [0.15, 0.2) is 48.5 Å². The molecule has 1 aliphatic carbocycles. The van der Waals surface area contributed by atoms with E-state index in [-0.39, 0.29) is 0 Å². The van der Waals surface area contributed by atoms with Crippen LogP contribution in [-0.2, 0) is 0 Å². The summed E-state index contributed by atoms with van der Waals surface area (Å²) in [6, 6.07) is 17.8. The van der Waals surface area contributed by atoms with Crippen molar-refractivity contribution in [3.63, 3.8) is 0 Å². The third-order valence-electron chi connectivity index (χ3n) is 4.17. The maximum absolute atomic E-state index is 3.77. The van der Waals surface area contributed by atoms with E-state index < -0.39 is 0 Å². The highest BCUT2D eigenvalue weighted by Crippen LogP contribution is 2.43. The van der Waals surface area contributed by atoms with Crippen LogP contribution in [0.2, 0.25) is 0 Å². The summed E-state index contributed by atoms with van der Waals surface area (Å²) >= 11 is 0. The van der Waals surface area contributed by atoms with E-state index in [1.807, 2.05) is 0 Å². The summed E-state index contributed by atoms with van der Waals surface area (Å²) in [6.07, 6.45) is 2.69. The van der Waals surface area contributed by atoms with Crippen molar-refractivity contribution in [1.82, 2.24) is 0 Å². The van der Waals surface area contributed by atoms with Gasteiger partial charge < -0.3 is 5.32 Å². The summed E-state index contributed by atoms with van der Waals surface area (Å²) in [7, 11) is 0. The second kappa shape index (κ2) is 5.08. The zero-order valence-electron chi connectivity index (χ0n) is 11.7. The summed E-state index contributed by atoms with van der Waals surface area (Å²) in [5.41, 5.74) is 5.41. The lowest BCUT2D eigenvalue weighted by Crippen LogP contribution is -2.13.